The third-order valence-electron chi connectivity index (χ3n) is 5.95. The first-order chi connectivity index (χ1) is 18.0. The molecular weight excluding hydrogens is 518 g/mol. The van der Waals surface area contributed by atoms with Crippen LogP contribution in [-0.4, -0.2) is 72.6 Å². The van der Waals surface area contributed by atoms with E-state index in [0.717, 1.165) is 19.3 Å². The Bertz CT molecular complexity index is 1210. The molecule has 0 amide bonds. The molecule has 1 fully saturated rings. The third-order valence-corrected chi connectivity index (χ3v) is 5.95. The summed E-state index contributed by atoms with van der Waals surface area (Å²) in [5.41, 5.74) is -0.639. The van der Waals surface area contributed by atoms with E-state index in [2.05, 4.69) is 40.7 Å². The summed E-state index contributed by atoms with van der Waals surface area (Å²) < 4.78 is 79.9. The van der Waals surface area contributed by atoms with Gasteiger partial charge in [-0.2, -0.15) is 36.4 Å². The topological polar surface area (TPSA) is 115 Å². The second-order valence-electron chi connectivity index (χ2n) is 8.83. The number of nitrogens with zero attached hydrogens (tertiary/aromatic N) is 7. The summed E-state index contributed by atoms with van der Waals surface area (Å²) in [5.74, 6) is 0.0607. The number of alkyl halides is 6. The third kappa shape index (κ3) is 7.13. The Balaban J connectivity index is 1.56. The smallest absolute Gasteiger partial charge is 0.373 e. The number of piperidine rings is 1. The van der Waals surface area contributed by atoms with Crippen molar-refractivity contribution in [3.05, 3.63) is 48.1 Å². The Hall–Kier alpha value is -3.85. The molecule has 2 aromatic heterocycles. The first-order valence-corrected chi connectivity index (χ1v) is 11.8. The Morgan fingerprint density at radius 2 is 1.84 bits per heavy atom. The molecule has 206 valence electrons. The van der Waals surface area contributed by atoms with E-state index >= 15 is 0 Å². The second-order valence-corrected chi connectivity index (χ2v) is 8.83. The molecule has 1 atom stereocenters. The molecule has 38 heavy (non-hydrogen) atoms. The summed E-state index contributed by atoms with van der Waals surface area (Å²) in [5, 5.41) is 16.5. The van der Waals surface area contributed by atoms with E-state index in [4.69, 9.17) is 0 Å². The predicted octanol–water partition coefficient (Wildman–Crippen LogP) is 4.23. The maximum Gasteiger partial charge on any atom is 0.421 e. The van der Waals surface area contributed by atoms with Gasteiger partial charge >= 0.3 is 12.4 Å². The molecule has 4 rings (SSSR count). The highest BCUT2D eigenvalue weighted by atomic mass is 19.4. The molecule has 3 N–H and O–H groups in total. The van der Waals surface area contributed by atoms with Crippen molar-refractivity contribution >= 4 is 17.3 Å². The van der Waals surface area contributed by atoms with E-state index in [1.807, 2.05) is 0 Å². The molecular formula is C22H26F6N10. The molecule has 1 unspecified atom stereocenters. The molecule has 10 nitrogen and oxygen atoms in total. The number of rotatable bonds is 6. The van der Waals surface area contributed by atoms with Crippen molar-refractivity contribution in [1.82, 2.24) is 40.2 Å². The maximum absolute atomic E-state index is 13.9. The zero-order valence-electron chi connectivity index (χ0n) is 20.3. The van der Waals surface area contributed by atoms with Crippen molar-refractivity contribution in [1.29, 1.82) is 0 Å². The van der Waals surface area contributed by atoms with Gasteiger partial charge in [-0.15, -0.1) is 10.2 Å². The van der Waals surface area contributed by atoms with Gasteiger partial charge in [0.1, 0.15) is 23.5 Å². The predicted molar refractivity (Wildman–Crippen MR) is 126 cm³/mol. The van der Waals surface area contributed by atoms with Crippen molar-refractivity contribution in [3.63, 3.8) is 0 Å². The van der Waals surface area contributed by atoms with Crippen LogP contribution in [0.2, 0.25) is 0 Å². The molecule has 2 aliphatic heterocycles. The minimum absolute atomic E-state index is 0.110. The lowest BCUT2D eigenvalue weighted by Crippen LogP contribution is -2.32. The van der Waals surface area contributed by atoms with E-state index in [-0.39, 0.29) is 24.1 Å². The molecule has 1 saturated heterocycles. The summed E-state index contributed by atoms with van der Waals surface area (Å²) in [7, 11) is 1.51. The fourth-order valence-corrected chi connectivity index (χ4v) is 4.03. The van der Waals surface area contributed by atoms with E-state index in [1.165, 1.54) is 36.6 Å². The van der Waals surface area contributed by atoms with Crippen LogP contribution < -0.4 is 10.2 Å². The number of nitrogens with one attached hydrogen (secondary N) is 3. The summed E-state index contributed by atoms with van der Waals surface area (Å²) in [6, 6.07) is -0.857. The number of hydrogen-bond donors (Lipinski definition) is 3. The Morgan fingerprint density at radius 3 is 2.53 bits per heavy atom. The van der Waals surface area contributed by atoms with Gasteiger partial charge in [0.2, 0.25) is 5.95 Å². The Morgan fingerprint density at radius 1 is 1.08 bits per heavy atom. The van der Waals surface area contributed by atoms with Gasteiger partial charge in [-0.1, -0.05) is 12.2 Å². The standard InChI is InChI=1S/C22H26F6N10/c1-37-12-14(5-6-15(37)9-21(23,24)25)18-33-17(35-36-18)11-29-19-16(22(26,27)28)10-31-32-13-30-20(34-19)38-7-3-2-4-8-38/h5-6,10,12-13,15,29H,2-4,7-9,11H2,1H3,(H,30,32,34)(H,33,35,36). The number of allylic oxidation sites excluding steroid dienone is 2. The number of H-pyrrole nitrogens is 2. The quantitative estimate of drug-likeness (QED) is 0.463. The average molecular weight is 545 g/mol. The van der Waals surface area contributed by atoms with Crippen LogP contribution in [0.15, 0.2) is 30.9 Å². The van der Waals surface area contributed by atoms with Crippen LogP contribution in [0.4, 0.5) is 38.1 Å². The van der Waals surface area contributed by atoms with Crippen LogP contribution in [0.5, 0.6) is 0 Å². The van der Waals surface area contributed by atoms with Crippen LogP contribution in [-0.2, 0) is 12.7 Å². The van der Waals surface area contributed by atoms with Crippen molar-refractivity contribution in [3.8, 4) is 0 Å². The van der Waals surface area contributed by atoms with Crippen molar-refractivity contribution in [2.75, 3.05) is 30.4 Å². The van der Waals surface area contributed by atoms with Crippen molar-refractivity contribution in [2.24, 2.45) is 0 Å². The van der Waals surface area contributed by atoms with E-state index in [9.17, 15) is 26.3 Å². The number of anilines is 2. The molecule has 0 spiro atoms. The zero-order chi connectivity index (χ0) is 27.3. The normalized spacial score (nSPS) is 18.3. The summed E-state index contributed by atoms with van der Waals surface area (Å²) in [6.07, 6.45) is -1.15. The Kier molecular flexibility index (Phi) is 8.06. The summed E-state index contributed by atoms with van der Waals surface area (Å²) >= 11 is 0. The lowest BCUT2D eigenvalue weighted by molar-refractivity contribution is -0.141. The maximum atomic E-state index is 13.9. The van der Waals surface area contributed by atoms with Crippen molar-refractivity contribution < 1.29 is 26.3 Å². The van der Waals surface area contributed by atoms with Gasteiger partial charge in [0, 0.05) is 31.9 Å². The van der Waals surface area contributed by atoms with Gasteiger partial charge in [0.25, 0.3) is 0 Å². The number of likely N-dealkylation sites (N-methyl/N-ethyl adjacent to an activating group) is 1. The van der Waals surface area contributed by atoms with Crippen LogP contribution in [0.1, 0.15) is 42.9 Å². The van der Waals surface area contributed by atoms with E-state index in [1.54, 1.807) is 4.90 Å². The molecule has 2 aliphatic rings. The summed E-state index contributed by atoms with van der Waals surface area (Å²) in [4.78, 5) is 14.4. The number of aromatic amines is 2. The number of hydrogen-bond acceptors (Lipinski definition) is 8. The molecule has 16 heteroatoms. The van der Waals surface area contributed by atoms with Crippen LogP contribution in [0.25, 0.3) is 5.57 Å². The second kappa shape index (κ2) is 11.3. The monoisotopic (exact) mass is 544 g/mol. The highest BCUT2D eigenvalue weighted by Crippen LogP contribution is 2.33. The van der Waals surface area contributed by atoms with E-state index in [0.29, 0.717) is 24.9 Å². The van der Waals surface area contributed by atoms with E-state index < -0.39 is 36.2 Å². The fourth-order valence-electron chi connectivity index (χ4n) is 4.03. The van der Waals surface area contributed by atoms with Gasteiger partial charge < -0.3 is 20.1 Å². The van der Waals surface area contributed by atoms with Crippen LogP contribution in [0, 0.1) is 0 Å². The van der Waals surface area contributed by atoms with Gasteiger partial charge in [0.15, 0.2) is 5.82 Å². The van der Waals surface area contributed by atoms with Crippen molar-refractivity contribution in [2.45, 2.75) is 50.6 Å². The molecule has 0 aromatic carbocycles. The Labute approximate surface area is 213 Å². The minimum Gasteiger partial charge on any atom is -0.373 e. The minimum atomic E-state index is -4.77. The first-order valence-electron chi connectivity index (χ1n) is 11.8. The highest BCUT2D eigenvalue weighted by molar-refractivity contribution is 5.70. The molecule has 0 radical (unpaired) electrons. The molecule has 0 bridgehead atoms. The van der Waals surface area contributed by atoms with Crippen LogP contribution in [0.3, 0.4) is 0 Å². The first kappa shape index (κ1) is 27.2. The zero-order valence-corrected chi connectivity index (χ0v) is 20.3. The molecule has 0 aliphatic carbocycles. The lowest BCUT2D eigenvalue weighted by atomic mass is 10.1. The van der Waals surface area contributed by atoms with Crippen LogP contribution >= 0.6 is 0 Å². The number of halogens is 6. The van der Waals surface area contributed by atoms with Gasteiger partial charge in [-0.25, -0.2) is 4.98 Å². The largest absolute Gasteiger partial charge is 0.421 e. The molecule has 0 saturated carbocycles. The molecule has 4 heterocycles. The highest BCUT2D eigenvalue weighted by Gasteiger charge is 2.35. The van der Waals surface area contributed by atoms with Gasteiger partial charge in [-0.05, 0) is 19.3 Å². The fraction of sp³-hybridized carbons (Fsp3) is 0.500. The average Bonchev–Trinajstić information content (AvgIpc) is 3.35. The molecule has 2 aromatic rings. The SMILES string of the molecule is CN1C=C(c2nnc(CNc3nc(N4CCCCC4)nc[nH]ncc3C(F)(F)F)[nH]2)C=CC1CC(F)(F)F. The van der Waals surface area contributed by atoms with Gasteiger partial charge in [0.05, 0.1) is 25.2 Å². The van der Waals surface area contributed by atoms with Gasteiger partial charge in [-0.3, -0.25) is 5.10 Å². The summed E-state index contributed by atoms with van der Waals surface area (Å²) in [6.45, 7) is 1.02. The number of aromatic nitrogens is 7. The lowest BCUT2D eigenvalue weighted by Gasteiger charge is -2.28.